The molecule has 12 heteroatoms. The Morgan fingerprint density at radius 3 is 2.03 bits per heavy atom. The summed E-state index contributed by atoms with van der Waals surface area (Å²) in [4.78, 5) is 12.3. The van der Waals surface area contributed by atoms with Crippen molar-refractivity contribution in [1.29, 1.82) is 0 Å². The topological polar surface area (TPSA) is 108 Å². The molecule has 0 aliphatic carbocycles. The van der Waals surface area contributed by atoms with Crippen molar-refractivity contribution >= 4 is 16.1 Å². The number of rotatable bonds is 10. The van der Waals surface area contributed by atoms with Gasteiger partial charge in [0.05, 0.1) is 19.8 Å². The van der Waals surface area contributed by atoms with Crippen LogP contribution in [0.3, 0.4) is 0 Å². The molecule has 33 heavy (non-hydrogen) atoms. The van der Waals surface area contributed by atoms with E-state index in [2.05, 4.69) is 4.18 Å². The molecule has 1 N–H and O–H groups in total. The van der Waals surface area contributed by atoms with E-state index in [0.717, 1.165) is 5.56 Å². The average Bonchev–Trinajstić information content (AvgIpc) is 3.08. The Kier molecular flexibility index (Phi) is 8.08. The molecule has 0 bridgehead atoms. The molecule has 2 aromatic rings. The van der Waals surface area contributed by atoms with Gasteiger partial charge in [-0.3, -0.25) is 0 Å². The van der Waals surface area contributed by atoms with Crippen molar-refractivity contribution in [3.05, 3.63) is 71.8 Å². The molecule has 0 unspecified atom stereocenters. The molecule has 1 aliphatic heterocycles. The van der Waals surface area contributed by atoms with Gasteiger partial charge in [0.15, 0.2) is 6.10 Å². The zero-order valence-electron chi connectivity index (χ0n) is 17.1. The lowest BCUT2D eigenvalue weighted by Crippen LogP contribution is -2.45. The monoisotopic (exact) mass is 490 g/mol. The van der Waals surface area contributed by atoms with E-state index in [0.29, 0.717) is 5.56 Å². The number of halogens is 3. The Balaban J connectivity index is 1.82. The molecule has 4 atom stereocenters. The minimum absolute atomic E-state index is 0.0160. The lowest BCUT2D eigenvalue weighted by Gasteiger charge is -2.27. The Bertz CT molecular complexity index is 1010. The van der Waals surface area contributed by atoms with Crippen LogP contribution in [0.1, 0.15) is 11.1 Å². The number of aliphatic hydroxyl groups excluding tert-OH is 1. The number of hydrogen-bond donors (Lipinski definition) is 1. The summed E-state index contributed by atoms with van der Waals surface area (Å²) in [6.45, 7) is -0.895. The molecule has 1 heterocycles. The zero-order valence-corrected chi connectivity index (χ0v) is 17.9. The summed E-state index contributed by atoms with van der Waals surface area (Å²) in [5, 5.41) is 9.79. The zero-order chi connectivity index (χ0) is 24.1. The molecule has 180 valence electrons. The third kappa shape index (κ3) is 6.30. The number of cyclic esters (lactones) is 1. The Hall–Kier alpha value is -2.51. The smallest absolute Gasteiger partial charge is 0.455 e. The molecular formula is C21H21F3O8S. The Labute approximate surface area is 188 Å². The lowest BCUT2D eigenvalue weighted by atomic mass is 10.1. The fourth-order valence-corrected chi connectivity index (χ4v) is 3.70. The van der Waals surface area contributed by atoms with Gasteiger partial charge in [-0.15, -0.1) is 0 Å². The van der Waals surface area contributed by atoms with Gasteiger partial charge in [0, 0.05) is 0 Å². The predicted octanol–water partition coefficient (Wildman–Crippen LogP) is 2.31. The maximum Gasteiger partial charge on any atom is 0.523 e. The average molecular weight is 490 g/mol. The quantitative estimate of drug-likeness (QED) is 0.307. The number of hydrogen-bond acceptors (Lipinski definition) is 8. The summed E-state index contributed by atoms with van der Waals surface area (Å²) in [6.07, 6.45) is -6.50. The van der Waals surface area contributed by atoms with Gasteiger partial charge in [0.25, 0.3) is 0 Å². The highest BCUT2D eigenvalue weighted by Gasteiger charge is 2.57. The lowest BCUT2D eigenvalue weighted by molar-refractivity contribution is -0.155. The molecule has 8 nitrogen and oxygen atoms in total. The van der Waals surface area contributed by atoms with E-state index in [1.807, 2.05) is 0 Å². The van der Waals surface area contributed by atoms with Crippen LogP contribution in [0.15, 0.2) is 60.7 Å². The number of carbonyl (C=O) groups is 1. The second-order valence-corrected chi connectivity index (χ2v) is 8.66. The van der Waals surface area contributed by atoms with Crippen LogP contribution in [-0.2, 0) is 46.5 Å². The van der Waals surface area contributed by atoms with Crippen LogP contribution in [0.5, 0.6) is 0 Å². The molecule has 1 fully saturated rings. The predicted molar refractivity (Wildman–Crippen MR) is 107 cm³/mol. The molecule has 0 spiro atoms. The number of benzene rings is 2. The summed E-state index contributed by atoms with van der Waals surface area (Å²) in [5.41, 5.74) is -4.44. The fourth-order valence-electron chi connectivity index (χ4n) is 3.13. The van der Waals surface area contributed by atoms with Gasteiger partial charge in [0.1, 0.15) is 12.2 Å². The molecule has 3 rings (SSSR count). The van der Waals surface area contributed by atoms with Gasteiger partial charge in [-0.1, -0.05) is 60.7 Å². The summed E-state index contributed by atoms with van der Waals surface area (Å²) < 4.78 is 82.1. The SMILES string of the molecule is O=C1O[C@H]([C@@H](CO)OCc2ccccc2)[C@@H](OCc2ccccc2)[C@H]1OS(=O)(=O)C(F)(F)F. The van der Waals surface area contributed by atoms with Crippen LogP contribution < -0.4 is 0 Å². The highest BCUT2D eigenvalue weighted by atomic mass is 32.2. The summed E-state index contributed by atoms with van der Waals surface area (Å²) in [6, 6.07) is 17.2. The van der Waals surface area contributed by atoms with Crippen molar-refractivity contribution in [2.45, 2.75) is 43.1 Å². The van der Waals surface area contributed by atoms with E-state index in [1.165, 1.54) is 0 Å². The highest BCUT2D eigenvalue weighted by molar-refractivity contribution is 7.87. The van der Waals surface area contributed by atoms with Crippen LogP contribution in [0, 0.1) is 0 Å². The number of esters is 1. The summed E-state index contributed by atoms with van der Waals surface area (Å²) in [7, 11) is -6.13. The first-order valence-electron chi connectivity index (χ1n) is 9.74. The molecule has 0 amide bonds. The van der Waals surface area contributed by atoms with Crippen molar-refractivity contribution < 1.29 is 49.9 Å². The van der Waals surface area contributed by atoms with Crippen molar-refractivity contribution in [3.63, 3.8) is 0 Å². The maximum absolute atomic E-state index is 12.9. The second-order valence-electron chi connectivity index (χ2n) is 7.10. The van der Waals surface area contributed by atoms with Crippen LogP contribution in [0.2, 0.25) is 0 Å². The number of carbonyl (C=O) groups excluding carboxylic acids is 1. The van der Waals surface area contributed by atoms with Gasteiger partial charge in [-0.25, -0.2) is 8.98 Å². The summed E-state index contributed by atoms with van der Waals surface area (Å²) >= 11 is 0. The van der Waals surface area contributed by atoms with Gasteiger partial charge in [0.2, 0.25) is 6.10 Å². The Morgan fingerprint density at radius 1 is 0.970 bits per heavy atom. The largest absolute Gasteiger partial charge is 0.523 e. The van der Waals surface area contributed by atoms with Gasteiger partial charge in [-0.05, 0) is 11.1 Å². The normalized spacial score (nSPS) is 22.2. The molecule has 1 aliphatic rings. The van der Waals surface area contributed by atoms with Crippen molar-refractivity contribution in [3.8, 4) is 0 Å². The first-order valence-corrected chi connectivity index (χ1v) is 11.1. The molecule has 2 aromatic carbocycles. The summed E-state index contributed by atoms with van der Waals surface area (Å²) in [5.74, 6) is -1.38. The van der Waals surface area contributed by atoms with E-state index in [9.17, 15) is 31.5 Å². The van der Waals surface area contributed by atoms with Crippen LogP contribution >= 0.6 is 0 Å². The maximum atomic E-state index is 12.9. The van der Waals surface area contributed by atoms with Gasteiger partial charge in [-0.2, -0.15) is 21.6 Å². The van der Waals surface area contributed by atoms with Gasteiger partial charge >= 0.3 is 21.6 Å². The van der Waals surface area contributed by atoms with Crippen molar-refractivity contribution in [2.24, 2.45) is 0 Å². The van der Waals surface area contributed by atoms with Gasteiger partial charge < -0.3 is 19.3 Å². The van der Waals surface area contributed by atoms with Crippen LogP contribution in [0.4, 0.5) is 13.2 Å². The first-order chi connectivity index (χ1) is 15.6. The third-order valence-corrected chi connectivity index (χ3v) is 5.79. The minimum atomic E-state index is -6.13. The molecule has 0 saturated carbocycles. The fraction of sp³-hybridized carbons (Fsp3) is 0.381. The molecule has 0 radical (unpaired) electrons. The number of ether oxygens (including phenoxy) is 3. The van der Waals surface area contributed by atoms with E-state index < -0.39 is 52.6 Å². The van der Waals surface area contributed by atoms with E-state index >= 15 is 0 Å². The van der Waals surface area contributed by atoms with Crippen LogP contribution in [0.25, 0.3) is 0 Å². The van der Waals surface area contributed by atoms with Crippen LogP contribution in [-0.4, -0.2) is 56.0 Å². The minimum Gasteiger partial charge on any atom is -0.455 e. The van der Waals surface area contributed by atoms with E-state index in [1.54, 1.807) is 60.7 Å². The Morgan fingerprint density at radius 2 is 1.52 bits per heavy atom. The number of aliphatic hydroxyl groups is 1. The molecular weight excluding hydrogens is 469 g/mol. The highest BCUT2D eigenvalue weighted by Crippen LogP contribution is 2.32. The third-order valence-electron chi connectivity index (χ3n) is 4.76. The molecule has 1 saturated heterocycles. The van der Waals surface area contributed by atoms with E-state index in [4.69, 9.17) is 14.2 Å². The van der Waals surface area contributed by atoms with Crippen molar-refractivity contribution in [1.82, 2.24) is 0 Å². The first kappa shape index (κ1) is 25.1. The molecule has 0 aromatic heterocycles. The second kappa shape index (κ2) is 10.6. The standard InChI is InChI=1S/C21H21F3O8S/c22-21(23,24)33(27,28)32-19-18(30-13-15-9-5-2-6-10-15)17(31-20(19)26)16(11-25)29-12-14-7-3-1-4-8-14/h1-10,16-19,25H,11-13H2/t16-,17-,18-,19-/m1/s1. The number of alkyl halides is 3. The van der Waals surface area contributed by atoms with Crippen molar-refractivity contribution in [2.75, 3.05) is 6.61 Å². The van der Waals surface area contributed by atoms with E-state index in [-0.39, 0.29) is 13.2 Å².